The van der Waals surface area contributed by atoms with E-state index in [-0.39, 0.29) is 5.92 Å². The zero-order valence-electron chi connectivity index (χ0n) is 17.4. The lowest BCUT2D eigenvalue weighted by atomic mass is 9.60. The Morgan fingerprint density at radius 3 is 2.00 bits per heavy atom. The Morgan fingerprint density at radius 1 is 0.778 bits per heavy atom. The summed E-state index contributed by atoms with van der Waals surface area (Å²) in [6.45, 7) is 6.67. The number of hydrogen-bond acceptors (Lipinski definition) is 1. The molecule has 0 bridgehead atoms. The fraction of sp³-hybridized carbons (Fsp3) is 1.00. The largest absolute Gasteiger partial charge is 0.522 e. The molecule has 0 N–H and O–H groups in total. The Bertz CT molecular complexity index is 455. The van der Waals surface area contributed by atoms with Crippen LogP contribution >= 0.6 is 0 Å². The van der Waals surface area contributed by atoms with Crippen molar-refractivity contribution in [3.05, 3.63) is 0 Å². The van der Waals surface area contributed by atoms with Gasteiger partial charge >= 0.3 is 6.36 Å². The van der Waals surface area contributed by atoms with E-state index < -0.39 is 12.5 Å². The monoisotopic (exact) mass is 388 g/mol. The fourth-order valence-electron chi connectivity index (χ4n) is 6.74. The fourth-order valence-corrected chi connectivity index (χ4v) is 6.74. The molecule has 0 aromatic carbocycles. The van der Waals surface area contributed by atoms with E-state index in [0.717, 1.165) is 42.4 Å². The first kappa shape index (κ1) is 21.5. The van der Waals surface area contributed by atoms with Crippen LogP contribution in [0.15, 0.2) is 0 Å². The van der Waals surface area contributed by atoms with Gasteiger partial charge in [-0.05, 0) is 92.8 Å². The van der Waals surface area contributed by atoms with Crippen molar-refractivity contribution in [2.75, 3.05) is 0 Å². The second kappa shape index (κ2) is 9.05. The van der Waals surface area contributed by atoms with E-state index in [0.29, 0.717) is 12.3 Å². The zero-order chi connectivity index (χ0) is 19.6. The topological polar surface area (TPSA) is 9.23 Å². The molecule has 6 atom stereocenters. The summed E-state index contributed by atoms with van der Waals surface area (Å²) in [7, 11) is 0. The van der Waals surface area contributed by atoms with E-state index in [1.807, 2.05) is 6.92 Å². The Kier molecular flexibility index (Phi) is 7.19. The molecule has 4 heteroatoms. The van der Waals surface area contributed by atoms with Crippen LogP contribution in [-0.2, 0) is 4.74 Å². The molecule has 0 aliphatic heterocycles. The first-order valence-electron chi connectivity index (χ1n) is 11.5. The summed E-state index contributed by atoms with van der Waals surface area (Å²) in [5, 5.41) is 0. The molecule has 27 heavy (non-hydrogen) atoms. The van der Waals surface area contributed by atoms with Crippen LogP contribution in [0.3, 0.4) is 0 Å². The van der Waals surface area contributed by atoms with Crippen LogP contribution in [0.1, 0.15) is 91.4 Å². The molecule has 0 radical (unpaired) electrons. The quantitative estimate of drug-likeness (QED) is 0.482. The lowest BCUT2D eigenvalue weighted by Crippen LogP contribution is -2.40. The molecule has 158 valence electrons. The third-order valence-electron chi connectivity index (χ3n) is 8.36. The highest BCUT2D eigenvalue weighted by atomic mass is 19.4. The van der Waals surface area contributed by atoms with Crippen molar-refractivity contribution in [1.82, 2.24) is 0 Å². The predicted octanol–water partition coefficient (Wildman–Crippen LogP) is 7.60. The molecule has 6 unspecified atom stereocenters. The summed E-state index contributed by atoms with van der Waals surface area (Å²) in [4.78, 5) is 0. The maximum Gasteiger partial charge on any atom is 0.522 e. The van der Waals surface area contributed by atoms with Gasteiger partial charge < -0.3 is 0 Å². The van der Waals surface area contributed by atoms with E-state index in [9.17, 15) is 13.2 Å². The normalized spacial score (nSPS) is 44.2. The first-order chi connectivity index (χ1) is 12.8. The van der Waals surface area contributed by atoms with Crippen molar-refractivity contribution >= 4 is 0 Å². The molecule has 0 spiro atoms. The summed E-state index contributed by atoms with van der Waals surface area (Å²) in [6, 6.07) is 0. The van der Waals surface area contributed by atoms with Crippen LogP contribution in [0.2, 0.25) is 0 Å². The van der Waals surface area contributed by atoms with Gasteiger partial charge in [-0.2, -0.15) is 0 Å². The van der Waals surface area contributed by atoms with Gasteiger partial charge in [0.2, 0.25) is 0 Å². The van der Waals surface area contributed by atoms with Gasteiger partial charge in [0, 0.05) is 0 Å². The molecule has 0 amide bonds. The van der Waals surface area contributed by atoms with Gasteiger partial charge in [0.15, 0.2) is 0 Å². The number of ether oxygens (including phenoxy) is 1. The third-order valence-corrected chi connectivity index (χ3v) is 8.36. The standard InChI is InChI=1S/C23H39F3O/c1-4-17-14-19(18-7-5-15(2)6-8-18)9-11-21(17)20-10-12-22(16(3)13-20)27-23(24,25)26/h15-22H,4-14H2,1-3H3. The van der Waals surface area contributed by atoms with Crippen LogP contribution in [0.5, 0.6) is 0 Å². The molecule has 0 aromatic rings. The average Bonchev–Trinajstić information content (AvgIpc) is 2.62. The number of hydrogen-bond donors (Lipinski definition) is 0. The first-order valence-corrected chi connectivity index (χ1v) is 11.5. The Hall–Kier alpha value is -0.250. The lowest BCUT2D eigenvalue weighted by Gasteiger charge is -2.46. The smallest absolute Gasteiger partial charge is 0.288 e. The van der Waals surface area contributed by atoms with Gasteiger partial charge in [0.05, 0.1) is 6.10 Å². The summed E-state index contributed by atoms with van der Waals surface area (Å²) in [5.41, 5.74) is 0. The minimum atomic E-state index is -4.49. The van der Waals surface area contributed by atoms with Crippen molar-refractivity contribution < 1.29 is 17.9 Å². The highest BCUT2D eigenvalue weighted by molar-refractivity contribution is 4.90. The molecule has 3 rings (SSSR count). The molecule has 1 nitrogen and oxygen atoms in total. The highest BCUT2D eigenvalue weighted by Gasteiger charge is 2.43. The van der Waals surface area contributed by atoms with Crippen molar-refractivity contribution in [2.24, 2.45) is 41.4 Å². The molecule has 0 saturated heterocycles. The molecular formula is C23H39F3O. The van der Waals surface area contributed by atoms with E-state index in [2.05, 4.69) is 18.6 Å². The van der Waals surface area contributed by atoms with Crippen molar-refractivity contribution in [2.45, 2.75) is 104 Å². The van der Waals surface area contributed by atoms with Crippen LogP contribution in [-0.4, -0.2) is 12.5 Å². The van der Waals surface area contributed by atoms with Crippen molar-refractivity contribution in [3.63, 3.8) is 0 Å². The second-order valence-electron chi connectivity index (χ2n) is 10.1. The summed E-state index contributed by atoms with van der Waals surface area (Å²) >= 11 is 0. The van der Waals surface area contributed by atoms with E-state index in [1.165, 1.54) is 51.4 Å². The molecular weight excluding hydrogens is 349 g/mol. The van der Waals surface area contributed by atoms with Gasteiger partial charge in [-0.15, -0.1) is 13.2 Å². The van der Waals surface area contributed by atoms with Gasteiger partial charge in [0.1, 0.15) is 0 Å². The van der Waals surface area contributed by atoms with Crippen LogP contribution in [0.25, 0.3) is 0 Å². The Morgan fingerprint density at radius 2 is 1.41 bits per heavy atom. The van der Waals surface area contributed by atoms with E-state index in [1.54, 1.807) is 0 Å². The van der Waals surface area contributed by atoms with Gasteiger partial charge in [0.25, 0.3) is 0 Å². The van der Waals surface area contributed by atoms with Crippen molar-refractivity contribution in [1.29, 1.82) is 0 Å². The van der Waals surface area contributed by atoms with Crippen molar-refractivity contribution in [3.8, 4) is 0 Å². The minimum Gasteiger partial charge on any atom is -0.288 e. The predicted molar refractivity (Wildman–Crippen MR) is 103 cm³/mol. The van der Waals surface area contributed by atoms with Gasteiger partial charge in [-0.1, -0.05) is 40.0 Å². The number of alkyl halides is 3. The summed E-state index contributed by atoms with van der Waals surface area (Å²) in [6.07, 6.45) is 8.18. The second-order valence-corrected chi connectivity index (χ2v) is 10.1. The van der Waals surface area contributed by atoms with Gasteiger partial charge in [-0.25, -0.2) is 0 Å². The molecule has 0 aromatic heterocycles. The van der Waals surface area contributed by atoms with E-state index in [4.69, 9.17) is 0 Å². The molecule has 3 saturated carbocycles. The highest BCUT2D eigenvalue weighted by Crippen LogP contribution is 2.49. The lowest BCUT2D eigenvalue weighted by molar-refractivity contribution is -0.351. The van der Waals surface area contributed by atoms with Crippen LogP contribution < -0.4 is 0 Å². The minimum absolute atomic E-state index is 0.0143. The Balaban J connectivity index is 1.53. The number of halogens is 3. The zero-order valence-corrected chi connectivity index (χ0v) is 17.4. The van der Waals surface area contributed by atoms with Gasteiger partial charge in [-0.3, -0.25) is 4.74 Å². The average molecular weight is 389 g/mol. The maximum absolute atomic E-state index is 12.6. The summed E-state index contributed by atoms with van der Waals surface area (Å²) < 4.78 is 42.2. The molecule has 3 aliphatic rings. The SMILES string of the molecule is CCC1CC(C2CCC(C)CC2)CCC1C1CCC(OC(F)(F)F)C(C)C1. The molecule has 3 aliphatic carbocycles. The third kappa shape index (κ3) is 5.64. The molecule has 3 fully saturated rings. The van der Waals surface area contributed by atoms with E-state index >= 15 is 0 Å². The summed E-state index contributed by atoms with van der Waals surface area (Å²) in [5.74, 6) is 4.87. The molecule has 0 heterocycles. The van der Waals surface area contributed by atoms with Crippen LogP contribution in [0, 0.1) is 41.4 Å². The maximum atomic E-state index is 12.6. The Labute approximate surface area is 163 Å². The number of rotatable bonds is 4. The van der Waals surface area contributed by atoms with Crippen LogP contribution in [0.4, 0.5) is 13.2 Å².